The molecule has 0 bridgehead atoms. The topological polar surface area (TPSA) is 89.6 Å². The molecule has 6 heterocycles. The minimum Gasteiger partial charge on any atom is -0.444 e. The molecule has 43 heavy (non-hydrogen) atoms. The zero-order valence-electron chi connectivity index (χ0n) is 24.9. The zero-order chi connectivity index (χ0) is 30.5. The summed E-state index contributed by atoms with van der Waals surface area (Å²) in [4.78, 5) is 24.2. The van der Waals surface area contributed by atoms with Crippen molar-refractivity contribution in [2.24, 2.45) is 0 Å². The summed E-state index contributed by atoms with van der Waals surface area (Å²) in [5.74, 6) is -0.374. The fourth-order valence-electron chi connectivity index (χ4n) is 5.70. The maximum Gasteiger partial charge on any atom is 0.407 e. The van der Waals surface area contributed by atoms with Crippen LogP contribution in [0.1, 0.15) is 57.8 Å². The second-order valence-corrected chi connectivity index (χ2v) is 12.6. The van der Waals surface area contributed by atoms with Crippen molar-refractivity contribution in [3.05, 3.63) is 77.3 Å². The van der Waals surface area contributed by atoms with Crippen molar-refractivity contribution in [2.45, 2.75) is 65.1 Å². The summed E-state index contributed by atoms with van der Waals surface area (Å²) in [5, 5.41) is 8.65. The van der Waals surface area contributed by atoms with Crippen LogP contribution < -0.4 is 10.2 Å². The minimum absolute atomic E-state index is 0.00368. The second-order valence-electron chi connectivity index (χ2n) is 12.2. The van der Waals surface area contributed by atoms with Gasteiger partial charge in [0.2, 0.25) is 0 Å². The molecule has 0 aromatic carbocycles. The van der Waals surface area contributed by atoms with E-state index in [4.69, 9.17) is 21.3 Å². The second kappa shape index (κ2) is 11.1. The molecule has 6 rings (SSSR count). The summed E-state index contributed by atoms with van der Waals surface area (Å²) in [6.07, 6.45) is 9.74. The predicted molar refractivity (Wildman–Crippen MR) is 166 cm³/mol. The number of nitrogens with zero attached hydrogens (tertiary/aromatic N) is 6. The highest BCUT2D eigenvalue weighted by Gasteiger charge is 2.29. The molecule has 5 aromatic rings. The van der Waals surface area contributed by atoms with Crippen molar-refractivity contribution in [3.8, 4) is 11.1 Å². The standard InChI is InChI=1S/C32H35ClFN7O2/c1-19-6-8-26(35-14-19)20(2)40-18-23(21-7-9-27-25(34)16-37-41(27)17-21)28-29(24(33)15-36-30(28)40)39-12-10-22(11-13-39)38-31(42)43-32(3,4)5/h6-9,14-18,20,22H,10-13H2,1-5H3,(H,38,42)/t20-/m0/s1. The fraction of sp³-hybridized carbons (Fsp3) is 0.375. The number of piperidine rings is 1. The summed E-state index contributed by atoms with van der Waals surface area (Å²) in [5.41, 5.74) is 5.26. The van der Waals surface area contributed by atoms with E-state index in [2.05, 4.69) is 44.1 Å². The Hall–Kier alpha value is -4.18. The summed E-state index contributed by atoms with van der Waals surface area (Å²) >= 11 is 6.93. The molecule has 9 nitrogen and oxygen atoms in total. The molecule has 1 amide bonds. The number of carbonyl (C=O) groups excluding carboxylic acids is 1. The number of amides is 1. The SMILES string of the molecule is Cc1ccc([C@H](C)n2cc(-c3ccc4c(F)cnn4c3)c3c(N4CCC(NC(=O)OC(C)(C)C)CC4)c(Cl)cnc32)nc1. The summed E-state index contributed by atoms with van der Waals surface area (Å²) < 4.78 is 23.4. The number of nitrogens with one attached hydrogen (secondary N) is 1. The quantitative estimate of drug-likeness (QED) is 0.234. The Morgan fingerprint density at radius 2 is 1.86 bits per heavy atom. The highest BCUT2D eigenvalue weighted by molar-refractivity contribution is 6.35. The Kier molecular flexibility index (Phi) is 7.50. The molecule has 0 unspecified atom stereocenters. The molecule has 0 aliphatic carbocycles. The van der Waals surface area contributed by atoms with Gasteiger partial charge in [-0.1, -0.05) is 23.7 Å². The number of rotatable bonds is 5. The Morgan fingerprint density at radius 1 is 1.09 bits per heavy atom. The Balaban J connectivity index is 1.41. The first-order valence-electron chi connectivity index (χ1n) is 14.5. The number of ether oxygens (including phenoxy) is 1. The number of hydrogen-bond donors (Lipinski definition) is 1. The molecule has 0 radical (unpaired) electrons. The first-order chi connectivity index (χ1) is 20.5. The van der Waals surface area contributed by atoms with Crippen molar-refractivity contribution in [3.63, 3.8) is 0 Å². The Labute approximate surface area is 254 Å². The smallest absolute Gasteiger partial charge is 0.407 e. The number of carbonyl (C=O) groups is 1. The third-order valence-corrected chi connectivity index (χ3v) is 8.14. The van der Waals surface area contributed by atoms with Crippen LogP contribution in [0.3, 0.4) is 0 Å². The van der Waals surface area contributed by atoms with Crippen molar-refractivity contribution in [2.75, 3.05) is 18.0 Å². The summed E-state index contributed by atoms with van der Waals surface area (Å²) in [7, 11) is 0. The molecule has 1 aliphatic heterocycles. The monoisotopic (exact) mass is 603 g/mol. The van der Waals surface area contributed by atoms with Crippen LogP contribution in [0.4, 0.5) is 14.9 Å². The van der Waals surface area contributed by atoms with E-state index in [-0.39, 0.29) is 17.9 Å². The van der Waals surface area contributed by atoms with E-state index in [0.29, 0.717) is 23.6 Å². The number of pyridine rings is 3. The van der Waals surface area contributed by atoms with Crippen LogP contribution in [0.25, 0.3) is 27.7 Å². The average Bonchev–Trinajstić information content (AvgIpc) is 3.53. The molecule has 1 atom stereocenters. The van der Waals surface area contributed by atoms with Crippen molar-refractivity contribution in [1.29, 1.82) is 0 Å². The third kappa shape index (κ3) is 5.76. The van der Waals surface area contributed by atoms with Gasteiger partial charge >= 0.3 is 6.09 Å². The van der Waals surface area contributed by atoms with Crippen molar-refractivity contribution in [1.82, 2.24) is 29.5 Å². The molecule has 5 aromatic heterocycles. The molecule has 224 valence electrons. The van der Waals surface area contributed by atoms with E-state index < -0.39 is 11.7 Å². The predicted octanol–water partition coefficient (Wildman–Crippen LogP) is 6.95. The van der Waals surface area contributed by atoms with Crippen LogP contribution in [0.2, 0.25) is 5.02 Å². The molecule has 1 N–H and O–H groups in total. The summed E-state index contributed by atoms with van der Waals surface area (Å²) in [6, 6.07) is 7.59. The van der Waals surface area contributed by atoms with Gasteiger partial charge in [0.15, 0.2) is 5.82 Å². The lowest BCUT2D eigenvalue weighted by atomic mass is 10.0. The van der Waals surface area contributed by atoms with E-state index in [1.165, 1.54) is 6.20 Å². The number of fused-ring (bicyclic) bond motifs is 2. The Bertz CT molecular complexity index is 1800. The highest BCUT2D eigenvalue weighted by Crippen LogP contribution is 2.43. The van der Waals surface area contributed by atoms with Gasteiger partial charge in [-0.2, -0.15) is 5.10 Å². The number of anilines is 1. The van der Waals surface area contributed by atoms with E-state index in [9.17, 15) is 9.18 Å². The summed E-state index contributed by atoms with van der Waals surface area (Å²) in [6.45, 7) is 11.0. The van der Waals surface area contributed by atoms with Crippen LogP contribution in [-0.2, 0) is 4.74 Å². The first-order valence-corrected chi connectivity index (χ1v) is 14.9. The molecule has 11 heteroatoms. The van der Waals surface area contributed by atoms with Gasteiger partial charge in [0.1, 0.15) is 16.8 Å². The number of halogens is 2. The van der Waals surface area contributed by atoms with E-state index in [0.717, 1.165) is 51.9 Å². The first kappa shape index (κ1) is 28.9. The van der Waals surface area contributed by atoms with Gasteiger partial charge in [0.25, 0.3) is 0 Å². The van der Waals surface area contributed by atoms with Gasteiger partial charge in [-0.05, 0) is 65.2 Å². The number of alkyl carbamates (subject to hydrolysis) is 1. The molecule has 0 saturated carbocycles. The van der Waals surface area contributed by atoms with Crippen LogP contribution in [0.15, 0.2) is 55.2 Å². The lowest BCUT2D eigenvalue weighted by molar-refractivity contribution is 0.0497. The van der Waals surface area contributed by atoms with E-state index in [1.807, 2.05) is 52.2 Å². The molecule has 1 saturated heterocycles. The number of aryl methyl sites for hydroxylation is 1. The van der Waals surface area contributed by atoms with Crippen LogP contribution in [0, 0.1) is 12.7 Å². The van der Waals surface area contributed by atoms with Gasteiger partial charge in [-0.25, -0.2) is 18.7 Å². The van der Waals surface area contributed by atoms with Crippen LogP contribution in [-0.4, -0.2) is 55.0 Å². The third-order valence-electron chi connectivity index (χ3n) is 7.86. The molecular formula is C32H35ClFN7O2. The maximum atomic E-state index is 14.2. The highest BCUT2D eigenvalue weighted by atomic mass is 35.5. The molecule has 1 aliphatic rings. The fourth-order valence-corrected chi connectivity index (χ4v) is 5.97. The van der Waals surface area contributed by atoms with E-state index in [1.54, 1.807) is 16.8 Å². The van der Waals surface area contributed by atoms with Crippen molar-refractivity contribution >= 4 is 39.9 Å². The van der Waals surface area contributed by atoms with Gasteiger partial charge in [0.05, 0.1) is 40.2 Å². The number of hydrogen-bond acceptors (Lipinski definition) is 6. The van der Waals surface area contributed by atoms with Gasteiger partial charge in [-0.3, -0.25) is 4.98 Å². The van der Waals surface area contributed by atoms with Crippen LogP contribution in [0.5, 0.6) is 0 Å². The van der Waals surface area contributed by atoms with Gasteiger partial charge in [0, 0.05) is 48.8 Å². The lowest BCUT2D eigenvalue weighted by Gasteiger charge is -2.35. The minimum atomic E-state index is -0.555. The van der Waals surface area contributed by atoms with E-state index >= 15 is 0 Å². The Morgan fingerprint density at radius 3 is 2.56 bits per heavy atom. The molecular weight excluding hydrogens is 569 g/mol. The molecule has 1 fully saturated rings. The normalized spacial score (nSPS) is 15.3. The molecule has 0 spiro atoms. The average molecular weight is 604 g/mol. The number of aromatic nitrogens is 5. The van der Waals surface area contributed by atoms with Gasteiger partial charge < -0.3 is 19.5 Å². The maximum absolute atomic E-state index is 14.2. The van der Waals surface area contributed by atoms with Gasteiger partial charge in [-0.15, -0.1) is 0 Å². The van der Waals surface area contributed by atoms with Crippen LogP contribution >= 0.6 is 11.6 Å². The van der Waals surface area contributed by atoms with Crippen molar-refractivity contribution < 1.29 is 13.9 Å². The largest absolute Gasteiger partial charge is 0.444 e. The lowest BCUT2D eigenvalue weighted by Crippen LogP contribution is -2.46. The zero-order valence-corrected chi connectivity index (χ0v) is 25.7.